The maximum atomic E-state index is 12.5. The molecule has 2 aromatic heterocycles. The zero-order valence-electron chi connectivity index (χ0n) is 14.7. The normalized spacial score (nSPS) is 11.6. The van der Waals surface area contributed by atoms with Crippen molar-refractivity contribution in [3.63, 3.8) is 0 Å². The Morgan fingerprint density at radius 1 is 0.889 bits per heavy atom. The SMILES string of the molecule is CCn1c2ccccc2c2cc(-c3cc(=O)c4cc(Cl)ccc4o3)ccc21. The molecule has 0 aliphatic heterocycles. The summed E-state index contributed by atoms with van der Waals surface area (Å²) in [4.78, 5) is 12.5. The van der Waals surface area contributed by atoms with Gasteiger partial charge in [0.15, 0.2) is 5.43 Å². The summed E-state index contributed by atoms with van der Waals surface area (Å²) in [6.45, 7) is 3.04. The highest BCUT2D eigenvalue weighted by Gasteiger charge is 2.12. The molecule has 2 heterocycles. The second-order valence-corrected chi connectivity index (χ2v) is 7.05. The van der Waals surface area contributed by atoms with Gasteiger partial charge in [0.25, 0.3) is 0 Å². The van der Waals surface area contributed by atoms with E-state index in [1.807, 2.05) is 12.1 Å². The number of nitrogens with zero attached hydrogens (tertiary/aromatic N) is 1. The first-order valence-corrected chi connectivity index (χ1v) is 9.28. The fraction of sp³-hybridized carbons (Fsp3) is 0.0870. The highest BCUT2D eigenvalue weighted by atomic mass is 35.5. The molecule has 0 fully saturated rings. The van der Waals surface area contributed by atoms with E-state index in [1.54, 1.807) is 24.3 Å². The van der Waals surface area contributed by atoms with Crippen molar-refractivity contribution in [3.8, 4) is 11.3 Å². The number of benzene rings is 3. The standard InChI is InChI=1S/C23H16ClNO2/c1-2-25-19-6-4-3-5-16(19)17-11-14(7-9-20(17)25)23-13-21(26)18-12-15(24)8-10-22(18)27-23/h3-13H,2H2,1H3. The fourth-order valence-electron chi connectivity index (χ4n) is 3.82. The van der Waals surface area contributed by atoms with E-state index in [4.69, 9.17) is 16.0 Å². The zero-order chi connectivity index (χ0) is 18.5. The molecule has 4 heteroatoms. The Balaban J connectivity index is 1.79. The summed E-state index contributed by atoms with van der Waals surface area (Å²) in [6.07, 6.45) is 0. The first-order chi connectivity index (χ1) is 13.2. The molecule has 5 aromatic rings. The molecule has 0 unspecified atom stereocenters. The molecule has 3 nitrogen and oxygen atoms in total. The van der Waals surface area contributed by atoms with Gasteiger partial charge in [-0.05, 0) is 49.4 Å². The van der Waals surface area contributed by atoms with Gasteiger partial charge < -0.3 is 8.98 Å². The van der Waals surface area contributed by atoms with Gasteiger partial charge in [-0.3, -0.25) is 4.79 Å². The van der Waals surface area contributed by atoms with Crippen molar-refractivity contribution in [1.82, 2.24) is 4.57 Å². The van der Waals surface area contributed by atoms with Crippen LogP contribution >= 0.6 is 11.6 Å². The predicted molar refractivity (Wildman–Crippen MR) is 112 cm³/mol. The smallest absolute Gasteiger partial charge is 0.193 e. The summed E-state index contributed by atoms with van der Waals surface area (Å²) in [7, 11) is 0. The van der Waals surface area contributed by atoms with Gasteiger partial charge in [-0.15, -0.1) is 0 Å². The topological polar surface area (TPSA) is 35.1 Å². The lowest BCUT2D eigenvalue weighted by molar-refractivity contribution is 0.619. The van der Waals surface area contributed by atoms with E-state index in [2.05, 4.69) is 41.8 Å². The van der Waals surface area contributed by atoms with Crippen molar-refractivity contribution < 1.29 is 4.42 Å². The summed E-state index contributed by atoms with van der Waals surface area (Å²) in [5, 5.41) is 3.38. The van der Waals surface area contributed by atoms with Gasteiger partial charge in [-0.1, -0.05) is 29.8 Å². The maximum Gasteiger partial charge on any atom is 0.193 e. The molecule has 0 aliphatic rings. The van der Waals surface area contributed by atoms with Crippen LogP contribution in [0.2, 0.25) is 5.02 Å². The number of para-hydroxylation sites is 1. The first-order valence-electron chi connectivity index (χ1n) is 8.90. The molecule has 0 N–H and O–H groups in total. The second-order valence-electron chi connectivity index (χ2n) is 6.61. The molecular formula is C23H16ClNO2. The molecule has 0 radical (unpaired) electrons. The molecule has 0 saturated heterocycles. The molecule has 5 rings (SSSR count). The van der Waals surface area contributed by atoms with Crippen LogP contribution in [0, 0.1) is 0 Å². The van der Waals surface area contributed by atoms with Gasteiger partial charge in [-0.2, -0.15) is 0 Å². The predicted octanol–water partition coefficient (Wildman–Crippen LogP) is 6.24. The van der Waals surface area contributed by atoms with Gasteiger partial charge in [0.05, 0.1) is 5.39 Å². The Morgan fingerprint density at radius 3 is 2.56 bits per heavy atom. The molecule has 27 heavy (non-hydrogen) atoms. The van der Waals surface area contributed by atoms with Crippen molar-refractivity contribution in [1.29, 1.82) is 0 Å². The number of halogens is 1. The van der Waals surface area contributed by atoms with Crippen molar-refractivity contribution in [2.75, 3.05) is 0 Å². The van der Waals surface area contributed by atoms with Gasteiger partial charge in [0, 0.05) is 45.0 Å². The highest BCUT2D eigenvalue weighted by Crippen LogP contribution is 2.33. The van der Waals surface area contributed by atoms with Crippen molar-refractivity contribution in [2.45, 2.75) is 13.5 Å². The quantitative estimate of drug-likeness (QED) is 0.367. The first kappa shape index (κ1) is 16.2. The molecule has 132 valence electrons. The molecule has 0 spiro atoms. The minimum Gasteiger partial charge on any atom is -0.456 e. The molecule has 0 amide bonds. The summed E-state index contributed by atoms with van der Waals surface area (Å²) in [5.41, 5.74) is 3.72. The fourth-order valence-corrected chi connectivity index (χ4v) is 3.99. The van der Waals surface area contributed by atoms with E-state index in [0.717, 1.165) is 17.5 Å². The van der Waals surface area contributed by atoms with E-state index < -0.39 is 0 Å². The van der Waals surface area contributed by atoms with Crippen LogP contribution in [0.4, 0.5) is 0 Å². The maximum absolute atomic E-state index is 12.5. The average molecular weight is 374 g/mol. The van der Waals surface area contributed by atoms with Crippen molar-refractivity contribution in [3.05, 3.63) is 82.0 Å². The number of rotatable bonds is 2. The van der Waals surface area contributed by atoms with Crippen LogP contribution < -0.4 is 5.43 Å². The van der Waals surface area contributed by atoms with E-state index in [-0.39, 0.29) is 5.43 Å². The Hall–Kier alpha value is -3.04. The third-order valence-electron chi connectivity index (χ3n) is 5.06. The Labute approximate surface area is 160 Å². The molecular weight excluding hydrogens is 358 g/mol. The molecule has 3 aromatic carbocycles. The Bertz CT molecular complexity index is 1390. The molecule has 0 aliphatic carbocycles. The largest absolute Gasteiger partial charge is 0.456 e. The number of aromatic nitrogens is 1. The lowest BCUT2D eigenvalue weighted by atomic mass is 10.1. The van der Waals surface area contributed by atoms with Gasteiger partial charge >= 0.3 is 0 Å². The van der Waals surface area contributed by atoms with Gasteiger partial charge in [0.1, 0.15) is 11.3 Å². The Morgan fingerprint density at radius 2 is 1.70 bits per heavy atom. The van der Waals surface area contributed by atoms with Gasteiger partial charge in [-0.25, -0.2) is 0 Å². The summed E-state index contributed by atoms with van der Waals surface area (Å²) < 4.78 is 8.31. The van der Waals surface area contributed by atoms with Crippen LogP contribution in [0.5, 0.6) is 0 Å². The van der Waals surface area contributed by atoms with Crippen LogP contribution in [-0.2, 0) is 6.54 Å². The Kier molecular flexibility index (Phi) is 3.59. The highest BCUT2D eigenvalue weighted by molar-refractivity contribution is 6.31. The summed E-state index contributed by atoms with van der Waals surface area (Å²) in [5.74, 6) is 0.560. The van der Waals surface area contributed by atoms with Crippen molar-refractivity contribution in [2.24, 2.45) is 0 Å². The monoisotopic (exact) mass is 373 g/mol. The van der Waals surface area contributed by atoms with Crippen LogP contribution in [0.1, 0.15) is 6.92 Å². The third-order valence-corrected chi connectivity index (χ3v) is 5.30. The van der Waals surface area contributed by atoms with Gasteiger partial charge in [0.2, 0.25) is 0 Å². The molecule has 0 saturated carbocycles. The molecule has 0 bridgehead atoms. The average Bonchev–Trinajstić information content (AvgIpc) is 3.01. The van der Waals surface area contributed by atoms with Crippen molar-refractivity contribution >= 4 is 44.4 Å². The molecule has 0 atom stereocenters. The number of hydrogen-bond donors (Lipinski definition) is 0. The van der Waals surface area contributed by atoms with E-state index >= 15 is 0 Å². The summed E-state index contributed by atoms with van der Waals surface area (Å²) in [6, 6.07) is 21.2. The lowest BCUT2D eigenvalue weighted by Gasteiger charge is -2.05. The van der Waals surface area contributed by atoms with E-state index in [1.165, 1.54) is 16.4 Å². The third kappa shape index (κ3) is 2.47. The lowest BCUT2D eigenvalue weighted by Crippen LogP contribution is -2.00. The zero-order valence-corrected chi connectivity index (χ0v) is 15.5. The minimum absolute atomic E-state index is 0.0927. The van der Waals surface area contributed by atoms with E-state index in [9.17, 15) is 4.79 Å². The number of fused-ring (bicyclic) bond motifs is 4. The van der Waals surface area contributed by atoms with E-state index in [0.29, 0.717) is 21.8 Å². The summed E-state index contributed by atoms with van der Waals surface area (Å²) >= 11 is 6.00. The van der Waals surface area contributed by atoms with Crippen LogP contribution in [0.15, 0.2) is 75.9 Å². The second kappa shape index (κ2) is 6.00. The number of hydrogen-bond acceptors (Lipinski definition) is 2. The van der Waals surface area contributed by atoms with Crippen LogP contribution in [0.3, 0.4) is 0 Å². The minimum atomic E-state index is -0.0927. The van der Waals surface area contributed by atoms with Crippen LogP contribution in [-0.4, -0.2) is 4.57 Å². The number of aryl methyl sites for hydroxylation is 1. The van der Waals surface area contributed by atoms with Crippen LogP contribution in [0.25, 0.3) is 44.1 Å².